The van der Waals surface area contributed by atoms with Gasteiger partial charge in [-0.05, 0) is 6.07 Å². The number of carboxylic acids is 1. The minimum absolute atomic E-state index is 0.160. The van der Waals surface area contributed by atoms with Gasteiger partial charge >= 0.3 is 5.97 Å². The zero-order valence-electron chi connectivity index (χ0n) is 11.1. The number of carboxylic acid groups (broad SMARTS) is 1. The first kappa shape index (κ1) is 13.6. The predicted molar refractivity (Wildman–Crippen MR) is 73.5 cm³/mol. The van der Waals surface area contributed by atoms with Crippen molar-refractivity contribution in [2.45, 2.75) is 39.2 Å². The molecule has 0 saturated heterocycles. The maximum Gasteiger partial charge on any atom is 0.345 e. The first-order chi connectivity index (χ1) is 8.84. The van der Waals surface area contributed by atoms with E-state index in [0.717, 1.165) is 15.9 Å². The van der Waals surface area contributed by atoms with Gasteiger partial charge < -0.3 is 5.11 Å². The highest BCUT2D eigenvalue weighted by Crippen LogP contribution is 2.34. The van der Waals surface area contributed by atoms with Gasteiger partial charge in [0.05, 0.1) is 24.7 Å². The molecule has 2 aromatic rings. The topological polar surface area (TPSA) is 78.9 Å². The molecule has 5 nitrogen and oxygen atoms in total. The van der Waals surface area contributed by atoms with Crippen molar-refractivity contribution >= 4 is 27.5 Å². The first-order valence-corrected chi connectivity index (χ1v) is 6.77. The van der Waals surface area contributed by atoms with E-state index in [1.807, 2.05) is 20.8 Å². The highest BCUT2D eigenvalue weighted by molar-refractivity contribution is 7.20. The van der Waals surface area contributed by atoms with Gasteiger partial charge in [-0.25, -0.2) is 4.79 Å². The standard InChI is InChI=1S/C13H15N3O2S/c1-13(2,3)10-8-7-9(12(17)18)19-11(8)16(15-10)6-4-5-14/h7H,4,6H2,1-3H3,(H,17,18). The number of hydrogen-bond acceptors (Lipinski definition) is 4. The lowest BCUT2D eigenvalue weighted by Crippen LogP contribution is -2.13. The summed E-state index contributed by atoms with van der Waals surface area (Å²) in [7, 11) is 0. The van der Waals surface area contributed by atoms with E-state index in [0.29, 0.717) is 17.8 Å². The van der Waals surface area contributed by atoms with Gasteiger partial charge in [0, 0.05) is 10.8 Å². The lowest BCUT2D eigenvalue weighted by Gasteiger charge is -2.15. The van der Waals surface area contributed by atoms with Crippen LogP contribution >= 0.6 is 11.3 Å². The molecule has 2 rings (SSSR count). The summed E-state index contributed by atoms with van der Waals surface area (Å²) < 4.78 is 1.75. The molecule has 0 atom stereocenters. The number of aryl methyl sites for hydroxylation is 1. The van der Waals surface area contributed by atoms with Gasteiger partial charge in [0.1, 0.15) is 9.71 Å². The molecule has 0 aliphatic heterocycles. The van der Waals surface area contributed by atoms with Crippen LogP contribution < -0.4 is 0 Å². The molecule has 0 aliphatic rings. The van der Waals surface area contributed by atoms with E-state index in [-0.39, 0.29) is 5.41 Å². The lowest BCUT2D eigenvalue weighted by molar-refractivity contribution is 0.0702. The van der Waals surface area contributed by atoms with Crippen molar-refractivity contribution in [2.24, 2.45) is 0 Å². The van der Waals surface area contributed by atoms with Gasteiger partial charge in [0.15, 0.2) is 0 Å². The van der Waals surface area contributed by atoms with Crippen molar-refractivity contribution in [3.05, 3.63) is 16.6 Å². The van der Waals surface area contributed by atoms with Crippen LogP contribution in [0.1, 0.15) is 42.6 Å². The molecule has 0 radical (unpaired) electrons. The van der Waals surface area contributed by atoms with Crippen molar-refractivity contribution in [1.29, 1.82) is 5.26 Å². The molecule has 2 aromatic heterocycles. The van der Waals surface area contributed by atoms with Crippen molar-refractivity contribution in [3.8, 4) is 6.07 Å². The number of aromatic carboxylic acids is 1. The number of rotatable bonds is 3. The van der Waals surface area contributed by atoms with Crippen LogP contribution in [-0.4, -0.2) is 20.9 Å². The fourth-order valence-corrected chi connectivity index (χ4v) is 2.91. The molecule has 0 aromatic carbocycles. The third kappa shape index (κ3) is 2.47. The molecule has 0 aliphatic carbocycles. The number of thiophene rings is 1. The third-order valence-electron chi connectivity index (χ3n) is 2.78. The fourth-order valence-electron chi connectivity index (χ4n) is 1.93. The summed E-state index contributed by atoms with van der Waals surface area (Å²) in [5, 5.41) is 23.2. The Morgan fingerprint density at radius 3 is 2.79 bits per heavy atom. The average Bonchev–Trinajstić information content (AvgIpc) is 2.83. The van der Waals surface area contributed by atoms with Gasteiger partial charge in [-0.15, -0.1) is 11.3 Å². The summed E-state index contributed by atoms with van der Waals surface area (Å²) in [4.78, 5) is 12.2. The number of nitriles is 1. The summed E-state index contributed by atoms with van der Waals surface area (Å²) >= 11 is 1.21. The SMILES string of the molecule is CC(C)(C)c1nn(CCC#N)c2sc(C(=O)O)cc12. The molecule has 0 bridgehead atoms. The molecule has 0 amide bonds. The number of fused-ring (bicyclic) bond motifs is 1. The minimum atomic E-state index is -0.923. The van der Waals surface area contributed by atoms with Crippen molar-refractivity contribution < 1.29 is 9.90 Å². The average molecular weight is 277 g/mol. The normalized spacial score (nSPS) is 11.7. The van der Waals surface area contributed by atoms with Crippen molar-refractivity contribution in [3.63, 3.8) is 0 Å². The second-order valence-corrected chi connectivity index (χ2v) is 6.40. The molecule has 1 N–H and O–H groups in total. The van der Waals surface area contributed by atoms with Crippen molar-refractivity contribution in [2.75, 3.05) is 0 Å². The van der Waals surface area contributed by atoms with E-state index in [9.17, 15) is 4.79 Å². The van der Waals surface area contributed by atoms with Crippen LogP contribution in [0.2, 0.25) is 0 Å². The Labute approximate surface area is 115 Å². The minimum Gasteiger partial charge on any atom is -0.477 e. The van der Waals surface area contributed by atoms with E-state index in [2.05, 4.69) is 11.2 Å². The van der Waals surface area contributed by atoms with Crippen LogP contribution in [0.4, 0.5) is 0 Å². The zero-order valence-corrected chi connectivity index (χ0v) is 11.9. The second kappa shape index (κ2) is 4.67. The molecule has 0 unspecified atom stereocenters. The Balaban J connectivity index is 2.63. The van der Waals surface area contributed by atoms with Crippen LogP contribution in [0.15, 0.2) is 6.07 Å². The van der Waals surface area contributed by atoms with Gasteiger partial charge in [0.2, 0.25) is 0 Å². The molecule has 0 saturated carbocycles. The van der Waals surface area contributed by atoms with E-state index < -0.39 is 5.97 Å². The molecule has 19 heavy (non-hydrogen) atoms. The summed E-state index contributed by atoms with van der Waals surface area (Å²) in [6, 6.07) is 3.77. The Hall–Kier alpha value is -1.87. The van der Waals surface area contributed by atoms with Gasteiger partial charge in [-0.2, -0.15) is 10.4 Å². The van der Waals surface area contributed by atoms with Gasteiger partial charge in [0.25, 0.3) is 0 Å². The van der Waals surface area contributed by atoms with E-state index in [1.165, 1.54) is 11.3 Å². The van der Waals surface area contributed by atoms with Gasteiger partial charge in [-0.1, -0.05) is 20.8 Å². The summed E-state index contributed by atoms with van der Waals surface area (Å²) in [5.74, 6) is -0.923. The maximum atomic E-state index is 11.1. The molecular formula is C13H15N3O2S. The second-order valence-electron chi connectivity index (χ2n) is 5.36. The van der Waals surface area contributed by atoms with Crippen LogP contribution in [0.5, 0.6) is 0 Å². The third-order valence-corrected chi connectivity index (χ3v) is 3.92. The Morgan fingerprint density at radius 2 is 2.26 bits per heavy atom. The van der Waals surface area contributed by atoms with Gasteiger partial charge in [-0.3, -0.25) is 4.68 Å². The number of carbonyl (C=O) groups is 1. The Morgan fingerprint density at radius 1 is 1.58 bits per heavy atom. The van der Waals surface area contributed by atoms with Crippen LogP contribution in [-0.2, 0) is 12.0 Å². The highest BCUT2D eigenvalue weighted by Gasteiger charge is 2.25. The lowest BCUT2D eigenvalue weighted by atomic mass is 9.91. The predicted octanol–water partition coefficient (Wildman–Crippen LogP) is 3.01. The number of nitrogens with zero attached hydrogens (tertiary/aromatic N) is 3. The molecule has 100 valence electrons. The number of aromatic nitrogens is 2. The van der Waals surface area contributed by atoms with Crippen molar-refractivity contribution in [1.82, 2.24) is 9.78 Å². The van der Waals surface area contributed by atoms with E-state index >= 15 is 0 Å². The zero-order chi connectivity index (χ0) is 14.2. The fraction of sp³-hybridized carbons (Fsp3) is 0.462. The largest absolute Gasteiger partial charge is 0.477 e. The number of hydrogen-bond donors (Lipinski definition) is 1. The first-order valence-electron chi connectivity index (χ1n) is 5.95. The van der Waals surface area contributed by atoms with Crippen LogP contribution in [0.25, 0.3) is 10.2 Å². The molecular weight excluding hydrogens is 262 g/mol. The molecule has 2 heterocycles. The highest BCUT2D eigenvalue weighted by atomic mass is 32.1. The summed E-state index contributed by atoms with van der Waals surface area (Å²) in [6.07, 6.45) is 0.362. The van der Waals surface area contributed by atoms with E-state index in [1.54, 1.807) is 10.7 Å². The smallest absolute Gasteiger partial charge is 0.345 e. The Bertz CT molecular complexity index is 670. The maximum absolute atomic E-state index is 11.1. The summed E-state index contributed by atoms with van der Waals surface area (Å²) in [5.41, 5.74) is 0.719. The Kier molecular flexibility index (Phi) is 3.33. The quantitative estimate of drug-likeness (QED) is 0.935. The van der Waals surface area contributed by atoms with Crippen LogP contribution in [0, 0.1) is 11.3 Å². The van der Waals surface area contributed by atoms with E-state index in [4.69, 9.17) is 10.4 Å². The molecule has 6 heteroatoms. The molecule has 0 spiro atoms. The summed E-state index contributed by atoms with van der Waals surface area (Å²) in [6.45, 7) is 6.62. The molecule has 0 fully saturated rings. The van der Waals surface area contributed by atoms with Crippen LogP contribution in [0.3, 0.4) is 0 Å². The monoisotopic (exact) mass is 277 g/mol.